The lowest BCUT2D eigenvalue weighted by molar-refractivity contribution is -0.233. The first-order chi connectivity index (χ1) is 15.6. The van der Waals surface area contributed by atoms with Crippen molar-refractivity contribution in [3.05, 3.63) is 11.6 Å². The van der Waals surface area contributed by atoms with E-state index in [1.165, 1.54) is 57.8 Å². The van der Waals surface area contributed by atoms with Crippen molar-refractivity contribution in [3.8, 4) is 0 Å². The van der Waals surface area contributed by atoms with Crippen LogP contribution in [0, 0.1) is 50.2 Å². The maximum Gasteiger partial charge on any atom is 0.302 e. The van der Waals surface area contributed by atoms with Crippen molar-refractivity contribution < 1.29 is 9.53 Å². The van der Waals surface area contributed by atoms with Gasteiger partial charge in [0.05, 0.1) is 0 Å². The molecular formula is C32H52O2. The number of carbonyl (C=O) groups excluding carboxylic acids is 1. The highest BCUT2D eigenvalue weighted by Gasteiger charge is 2.69. The summed E-state index contributed by atoms with van der Waals surface area (Å²) in [6.45, 7) is 22.0. The van der Waals surface area contributed by atoms with Crippen molar-refractivity contribution in [2.45, 2.75) is 133 Å². The van der Waals surface area contributed by atoms with Gasteiger partial charge in [-0.25, -0.2) is 0 Å². The van der Waals surface area contributed by atoms with E-state index in [0.29, 0.717) is 33.0 Å². The van der Waals surface area contributed by atoms with Gasteiger partial charge in [-0.1, -0.05) is 67.0 Å². The second-order valence-corrected chi connectivity index (χ2v) is 15.7. The zero-order valence-corrected chi connectivity index (χ0v) is 23.8. The zero-order valence-electron chi connectivity index (χ0n) is 23.8. The van der Waals surface area contributed by atoms with Crippen molar-refractivity contribution in [2.75, 3.05) is 0 Å². The highest BCUT2D eigenvalue weighted by molar-refractivity contribution is 5.66. The fourth-order valence-electron chi connectivity index (χ4n) is 11.0. The van der Waals surface area contributed by atoms with E-state index in [9.17, 15) is 4.79 Å². The minimum Gasteiger partial charge on any atom is -0.462 e. The molecule has 0 bridgehead atoms. The molecule has 5 aliphatic carbocycles. The summed E-state index contributed by atoms with van der Waals surface area (Å²) in [7, 11) is 0. The highest BCUT2D eigenvalue weighted by atomic mass is 16.5. The number of allylic oxidation sites excluding steroid dienone is 2. The molecule has 0 aliphatic heterocycles. The minimum atomic E-state index is -0.107. The first-order valence-electron chi connectivity index (χ1n) is 14.5. The third-order valence-corrected chi connectivity index (χ3v) is 13.2. The number of hydrogen-bond donors (Lipinski definition) is 0. The van der Waals surface area contributed by atoms with E-state index in [1.54, 1.807) is 6.92 Å². The van der Waals surface area contributed by atoms with Crippen LogP contribution < -0.4 is 0 Å². The monoisotopic (exact) mass is 468 g/mol. The molecule has 2 heteroatoms. The van der Waals surface area contributed by atoms with Crippen LogP contribution in [-0.2, 0) is 9.53 Å². The fourth-order valence-corrected chi connectivity index (χ4v) is 11.0. The predicted octanol–water partition coefficient (Wildman–Crippen LogP) is 8.74. The molecule has 0 aromatic carbocycles. The predicted molar refractivity (Wildman–Crippen MR) is 140 cm³/mol. The summed E-state index contributed by atoms with van der Waals surface area (Å²) < 4.78 is 5.91. The van der Waals surface area contributed by atoms with Gasteiger partial charge >= 0.3 is 5.97 Å². The minimum absolute atomic E-state index is 0.0544. The molecule has 0 radical (unpaired) electrons. The van der Waals surface area contributed by atoms with Gasteiger partial charge in [0.1, 0.15) is 6.10 Å². The maximum atomic E-state index is 11.9. The number of esters is 1. The van der Waals surface area contributed by atoms with Crippen molar-refractivity contribution in [3.63, 3.8) is 0 Å². The van der Waals surface area contributed by atoms with E-state index in [4.69, 9.17) is 4.74 Å². The van der Waals surface area contributed by atoms with Gasteiger partial charge in [-0.05, 0) is 109 Å². The van der Waals surface area contributed by atoms with E-state index in [1.807, 2.05) is 5.57 Å². The van der Waals surface area contributed by atoms with Crippen LogP contribution in [0.25, 0.3) is 0 Å². The molecule has 8 unspecified atom stereocenters. The normalized spacial score (nSPS) is 51.1. The molecule has 4 fully saturated rings. The Labute approximate surface area is 210 Å². The molecule has 5 rings (SSSR count). The van der Waals surface area contributed by atoms with Crippen LogP contribution in [0.3, 0.4) is 0 Å². The topological polar surface area (TPSA) is 26.3 Å². The number of hydrogen-bond acceptors (Lipinski definition) is 2. The van der Waals surface area contributed by atoms with Crippen molar-refractivity contribution in [2.24, 2.45) is 50.2 Å². The summed E-state index contributed by atoms with van der Waals surface area (Å²) in [5, 5.41) is 0. The molecule has 34 heavy (non-hydrogen) atoms. The van der Waals surface area contributed by atoms with Crippen LogP contribution in [0.15, 0.2) is 11.6 Å². The lowest BCUT2D eigenvalue weighted by Gasteiger charge is -2.72. The molecule has 0 N–H and O–H groups in total. The SMILES string of the molecule is CC(=O)OC1CCC2(C)C(CCC3(C)C2CCC2C4=CC(C)(C)CCC4(C)CCC23C)C1(C)C. The molecule has 0 spiro atoms. The summed E-state index contributed by atoms with van der Waals surface area (Å²) in [6, 6.07) is 0. The molecule has 0 heterocycles. The average molecular weight is 469 g/mol. The second-order valence-electron chi connectivity index (χ2n) is 15.7. The number of fused-ring (bicyclic) bond motifs is 7. The first-order valence-corrected chi connectivity index (χ1v) is 14.5. The largest absolute Gasteiger partial charge is 0.462 e. The molecule has 2 nitrogen and oxygen atoms in total. The van der Waals surface area contributed by atoms with E-state index in [-0.39, 0.29) is 17.5 Å². The summed E-state index contributed by atoms with van der Waals surface area (Å²) >= 11 is 0. The Morgan fingerprint density at radius 3 is 2.12 bits per heavy atom. The molecule has 192 valence electrons. The second kappa shape index (κ2) is 7.38. The molecule has 0 amide bonds. The molecule has 4 saturated carbocycles. The van der Waals surface area contributed by atoms with Crippen molar-refractivity contribution in [1.29, 1.82) is 0 Å². The van der Waals surface area contributed by atoms with E-state index in [2.05, 4.69) is 61.5 Å². The van der Waals surface area contributed by atoms with Crippen LogP contribution in [0.5, 0.6) is 0 Å². The van der Waals surface area contributed by atoms with Gasteiger partial charge in [0.25, 0.3) is 0 Å². The molecule has 5 aliphatic rings. The summed E-state index contributed by atoms with van der Waals surface area (Å²) in [5.74, 6) is 2.07. The van der Waals surface area contributed by atoms with E-state index in [0.717, 1.165) is 18.3 Å². The fraction of sp³-hybridized carbons (Fsp3) is 0.906. The Bertz CT molecular complexity index is 897. The lowest BCUT2D eigenvalue weighted by Crippen LogP contribution is -2.66. The highest BCUT2D eigenvalue weighted by Crippen LogP contribution is 2.76. The van der Waals surface area contributed by atoms with Gasteiger partial charge in [-0.3, -0.25) is 4.79 Å². The number of rotatable bonds is 1. The molecule has 0 saturated heterocycles. The quantitative estimate of drug-likeness (QED) is 0.284. The van der Waals surface area contributed by atoms with Crippen molar-refractivity contribution >= 4 is 5.97 Å². The van der Waals surface area contributed by atoms with E-state index < -0.39 is 0 Å². The van der Waals surface area contributed by atoms with Gasteiger partial charge in [-0.15, -0.1) is 0 Å². The number of ether oxygens (including phenoxy) is 1. The Hall–Kier alpha value is -0.790. The lowest BCUT2D eigenvalue weighted by atomic mass is 9.32. The first kappa shape index (κ1) is 24.9. The van der Waals surface area contributed by atoms with Gasteiger partial charge < -0.3 is 4.74 Å². The third kappa shape index (κ3) is 3.21. The summed E-state index contributed by atoms with van der Waals surface area (Å²) in [4.78, 5) is 11.9. The van der Waals surface area contributed by atoms with Crippen LogP contribution >= 0.6 is 0 Å². The molecule has 8 atom stereocenters. The maximum absolute atomic E-state index is 11.9. The van der Waals surface area contributed by atoms with Gasteiger partial charge in [0.15, 0.2) is 0 Å². The summed E-state index contributed by atoms with van der Waals surface area (Å²) in [5.41, 5.74) is 3.85. The van der Waals surface area contributed by atoms with Gasteiger partial charge in [-0.2, -0.15) is 0 Å². The van der Waals surface area contributed by atoms with Crippen LogP contribution in [0.2, 0.25) is 0 Å². The molecule has 0 aromatic rings. The standard InChI is InChI=1S/C32H52O2/c1-21(33)34-26-13-14-30(7)24(28(26,4)5)12-15-32(9)25(30)11-10-22-23-20-27(2,3)16-17-29(23,6)18-19-31(22,32)8/h20,22,24-26H,10-19H2,1-9H3. The van der Waals surface area contributed by atoms with Crippen LogP contribution in [0.4, 0.5) is 0 Å². The summed E-state index contributed by atoms with van der Waals surface area (Å²) in [6.07, 6.45) is 16.0. The van der Waals surface area contributed by atoms with Gasteiger partial charge in [0.2, 0.25) is 0 Å². The Balaban J connectivity index is 1.51. The van der Waals surface area contributed by atoms with Crippen LogP contribution in [-0.4, -0.2) is 12.1 Å². The third-order valence-electron chi connectivity index (χ3n) is 13.2. The Morgan fingerprint density at radius 1 is 0.765 bits per heavy atom. The number of carbonyl (C=O) groups is 1. The van der Waals surface area contributed by atoms with E-state index >= 15 is 0 Å². The van der Waals surface area contributed by atoms with Crippen molar-refractivity contribution in [1.82, 2.24) is 0 Å². The smallest absolute Gasteiger partial charge is 0.302 e. The average Bonchev–Trinajstić information content (AvgIpc) is 2.72. The molecule has 0 aromatic heterocycles. The zero-order chi connectivity index (χ0) is 24.9. The molecular weight excluding hydrogens is 416 g/mol. The van der Waals surface area contributed by atoms with Gasteiger partial charge in [0, 0.05) is 12.3 Å². The Morgan fingerprint density at radius 2 is 1.44 bits per heavy atom. The Kier molecular flexibility index (Phi) is 5.40. The van der Waals surface area contributed by atoms with Crippen LogP contribution in [0.1, 0.15) is 127 Å².